The minimum absolute atomic E-state index is 0.0557. The van der Waals surface area contributed by atoms with Crippen LogP contribution in [-0.4, -0.2) is 37.1 Å². The van der Waals surface area contributed by atoms with E-state index in [0.717, 1.165) is 6.54 Å². The molecule has 0 radical (unpaired) electrons. The van der Waals surface area contributed by atoms with E-state index in [0.29, 0.717) is 18.0 Å². The summed E-state index contributed by atoms with van der Waals surface area (Å²) in [5, 5.41) is 10.6. The number of benzene rings is 1. The Bertz CT molecular complexity index is 380. The van der Waals surface area contributed by atoms with Crippen molar-refractivity contribution in [3.8, 4) is 5.75 Å². The first-order valence-electron chi connectivity index (χ1n) is 4.81. The molecular formula is C10H15N3O3. The number of nitrogens with two attached hydrogens (primary N) is 1. The van der Waals surface area contributed by atoms with Crippen LogP contribution in [0.25, 0.3) is 0 Å². The van der Waals surface area contributed by atoms with Crippen molar-refractivity contribution in [2.75, 3.05) is 33.0 Å². The summed E-state index contributed by atoms with van der Waals surface area (Å²) >= 11 is 0. The Hall–Kier alpha value is -1.82. The summed E-state index contributed by atoms with van der Waals surface area (Å²) < 4.78 is 5.36. The van der Waals surface area contributed by atoms with Gasteiger partial charge < -0.3 is 15.4 Å². The van der Waals surface area contributed by atoms with Crippen LogP contribution in [-0.2, 0) is 0 Å². The predicted octanol–water partition coefficient (Wildman–Crippen LogP) is 1.12. The minimum Gasteiger partial charge on any atom is -0.492 e. The lowest BCUT2D eigenvalue weighted by Crippen LogP contribution is -2.19. The third kappa shape index (κ3) is 3.74. The molecule has 0 aliphatic carbocycles. The number of nitrogen functional groups attached to an aromatic ring is 1. The Labute approximate surface area is 93.8 Å². The number of anilines is 1. The van der Waals surface area contributed by atoms with Crippen LogP contribution in [0.1, 0.15) is 0 Å². The third-order valence-corrected chi connectivity index (χ3v) is 1.93. The maximum absolute atomic E-state index is 10.6. The molecule has 6 nitrogen and oxygen atoms in total. The quantitative estimate of drug-likeness (QED) is 0.461. The molecule has 0 spiro atoms. The van der Waals surface area contributed by atoms with E-state index in [9.17, 15) is 10.1 Å². The zero-order chi connectivity index (χ0) is 12.1. The summed E-state index contributed by atoms with van der Waals surface area (Å²) in [5.74, 6) is 0.425. The fraction of sp³-hybridized carbons (Fsp3) is 0.400. The molecule has 0 saturated carbocycles. The van der Waals surface area contributed by atoms with Crippen molar-refractivity contribution in [2.24, 2.45) is 0 Å². The van der Waals surface area contributed by atoms with Gasteiger partial charge in [-0.2, -0.15) is 0 Å². The van der Waals surface area contributed by atoms with Crippen LogP contribution >= 0.6 is 0 Å². The summed E-state index contributed by atoms with van der Waals surface area (Å²) in [7, 11) is 3.84. The molecule has 6 heteroatoms. The van der Waals surface area contributed by atoms with Gasteiger partial charge in [-0.05, 0) is 14.1 Å². The highest BCUT2D eigenvalue weighted by atomic mass is 16.6. The second-order valence-corrected chi connectivity index (χ2v) is 3.67. The van der Waals surface area contributed by atoms with Crippen molar-refractivity contribution in [1.29, 1.82) is 0 Å². The first-order valence-corrected chi connectivity index (χ1v) is 4.81. The van der Waals surface area contributed by atoms with E-state index in [4.69, 9.17) is 10.5 Å². The molecule has 0 amide bonds. The average molecular weight is 225 g/mol. The van der Waals surface area contributed by atoms with E-state index >= 15 is 0 Å². The minimum atomic E-state index is -0.491. The summed E-state index contributed by atoms with van der Waals surface area (Å²) in [6.45, 7) is 1.20. The molecule has 16 heavy (non-hydrogen) atoms. The fourth-order valence-electron chi connectivity index (χ4n) is 1.14. The van der Waals surface area contributed by atoms with Gasteiger partial charge in [-0.25, -0.2) is 0 Å². The maximum atomic E-state index is 10.6. The van der Waals surface area contributed by atoms with E-state index in [2.05, 4.69) is 0 Å². The van der Waals surface area contributed by atoms with Gasteiger partial charge in [0, 0.05) is 24.4 Å². The zero-order valence-electron chi connectivity index (χ0n) is 9.34. The van der Waals surface area contributed by atoms with Crippen LogP contribution in [0.5, 0.6) is 5.75 Å². The van der Waals surface area contributed by atoms with Gasteiger partial charge >= 0.3 is 0 Å². The highest BCUT2D eigenvalue weighted by Gasteiger charge is 2.09. The Morgan fingerprint density at radius 2 is 2.12 bits per heavy atom. The molecule has 0 saturated heterocycles. The summed E-state index contributed by atoms with van der Waals surface area (Å²) in [5.41, 5.74) is 5.81. The molecule has 0 heterocycles. The Morgan fingerprint density at radius 3 is 2.69 bits per heavy atom. The number of likely N-dealkylation sites (N-methyl/N-ethyl adjacent to an activating group) is 1. The Kier molecular flexibility index (Phi) is 4.07. The topological polar surface area (TPSA) is 81.6 Å². The lowest BCUT2D eigenvalue weighted by Gasteiger charge is -2.11. The van der Waals surface area contributed by atoms with Crippen molar-refractivity contribution in [3.05, 3.63) is 28.3 Å². The van der Waals surface area contributed by atoms with Crippen molar-refractivity contribution in [2.45, 2.75) is 0 Å². The van der Waals surface area contributed by atoms with Gasteiger partial charge in [0.25, 0.3) is 5.69 Å². The third-order valence-electron chi connectivity index (χ3n) is 1.93. The van der Waals surface area contributed by atoms with Crippen molar-refractivity contribution in [3.63, 3.8) is 0 Å². The highest BCUT2D eigenvalue weighted by Crippen LogP contribution is 2.23. The van der Waals surface area contributed by atoms with Gasteiger partial charge in [-0.3, -0.25) is 10.1 Å². The van der Waals surface area contributed by atoms with E-state index < -0.39 is 4.92 Å². The van der Waals surface area contributed by atoms with Crippen LogP contribution in [0.15, 0.2) is 18.2 Å². The highest BCUT2D eigenvalue weighted by molar-refractivity contribution is 5.53. The molecule has 0 bridgehead atoms. The van der Waals surface area contributed by atoms with Gasteiger partial charge in [0.1, 0.15) is 12.4 Å². The molecule has 0 fully saturated rings. The molecule has 2 N–H and O–H groups in total. The lowest BCUT2D eigenvalue weighted by molar-refractivity contribution is -0.384. The lowest BCUT2D eigenvalue weighted by atomic mass is 10.2. The number of ether oxygens (including phenoxy) is 1. The van der Waals surface area contributed by atoms with Crippen LogP contribution in [0.3, 0.4) is 0 Å². The van der Waals surface area contributed by atoms with E-state index in [1.54, 1.807) is 6.07 Å². The van der Waals surface area contributed by atoms with Gasteiger partial charge in [-0.15, -0.1) is 0 Å². The molecule has 0 unspecified atom stereocenters. The molecule has 0 aliphatic rings. The largest absolute Gasteiger partial charge is 0.492 e. The van der Waals surface area contributed by atoms with Gasteiger partial charge in [0.15, 0.2) is 0 Å². The smallest absolute Gasteiger partial charge is 0.275 e. The number of nitro benzene ring substituents is 1. The Balaban J connectivity index is 2.69. The number of rotatable bonds is 5. The molecular weight excluding hydrogens is 210 g/mol. The SMILES string of the molecule is CN(C)CCOc1cc(N)cc([N+](=O)[O-])c1. The fourth-order valence-corrected chi connectivity index (χ4v) is 1.14. The molecule has 0 aromatic heterocycles. The first kappa shape index (κ1) is 12.3. The molecule has 0 aliphatic heterocycles. The van der Waals surface area contributed by atoms with Crippen LogP contribution < -0.4 is 10.5 Å². The van der Waals surface area contributed by atoms with Crippen LogP contribution in [0.4, 0.5) is 11.4 Å². The molecule has 0 atom stereocenters. The van der Waals surface area contributed by atoms with Gasteiger partial charge in [0.2, 0.25) is 0 Å². The Morgan fingerprint density at radius 1 is 1.44 bits per heavy atom. The summed E-state index contributed by atoms with van der Waals surface area (Å²) in [6, 6.07) is 4.24. The van der Waals surface area contributed by atoms with Crippen molar-refractivity contribution >= 4 is 11.4 Å². The normalized spacial score (nSPS) is 10.4. The number of hydrogen-bond donors (Lipinski definition) is 1. The van der Waals surface area contributed by atoms with Crippen molar-refractivity contribution < 1.29 is 9.66 Å². The number of hydrogen-bond acceptors (Lipinski definition) is 5. The summed E-state index contributed by atoms with van der Waals surface area (Å²) in [4.78, 5) is 12.0. The predicted molar refractivity (Wildman–Crippen MR) is 61.6 cm³/mol. The standard InChI is InChI=1S/C10H15N3O3/c1-12(2)3-4-16-10-6-8(11)5-9(7-10)13(14)15/h5-7H,3-4,11H2,1-2H3. The van der Waals surface area contributed by atoms with Crippen LogP contribution in [0.2, 0.25) is 0 Å². The second kappa shape index (κ2) is 5.32. The zero-order valence-corrected chi connectivity index (χ0v) is 9.34. The first-order chi connectivity index (χ1) is 7.49. The number of non-ortho nitro benzene ring substituents is 1. The van der Waals surface area contributed by atoms with Crippen molar-refractivity contribution in [1.82, 2.24) is 4.90 Å². The molecule has 1 rings (SSSR count). The van der Waals surface area contributed by atoms with E-state index in [-0.39, 0.29) is 5.69 Å². The molecule has 1 aromatic carbocycles. The van der Waals surface area contributed by atoms with E-state index in [1.165, 1.54) is 12.1 Å². The van der Waals surface area contributed by atoms with Crippen LogP contribution in [0, 0.1) is 10.1 Å². The maximum Gasteiger partial charge on any atom is 0.275 e. The second-order valence-electron chi connectivity index (χ2n) is 3.67. The summed E-state index contributed by atoms with van der Waals surface area (Å²) in [6.07, 6.45) is 0. The number of nitro groups is 1. The van der Waals surface area contributed by atoms with E-state index in [1.807, 2.05) is 19.0 Å². The number of nitrogens with zero attached hydrogens (tertiary/aromatic N) is 2. The monoisotopic (exact) mass is 225 g/mol. The van der Waals surface area contributed by atoms with Gasteiger partial charge in [-0.1, -0.05) is 0 Å². The van der Waals surface area contributed by atoms with Gasteiger partial charge in [0.05, 0.1) is 11.0 Å². The molecule has 88 valence electrons. The average Bonchev–Trinajstić information content (AvgIpc) is 2.16. The molecule has 1 aromatic rings.